The van der Waals surface area contributed by atoms with E-state index in [9.17, 15) is 13.6 Å². The van der Waals surface area contributed by atoms with Gasteiger partial charge in [0.2, 0.25) is 5.96 Å². The van der Waals surface area contributed by atoms with Gasteiger partial charge in [-0.1, -0.05) is 29.8 Å². The Morgan fingerprint density at radius 3 is 2.47 bits per heavy atom. The Morgan fingerprint density at radius 1 is 0.969 bits per heavy atom. The van der Waals surface area contributed by atoms with Gasteiger partial charge in [-0.25, -0.2) is 8.78 Å². The quantitative estimate of drug-likeness (QED) is 0.731. The molecule has 0 spiro atoms. The number of fused-ring (bicyclic) bond motifs is 2. The fraction of sp³-hybridized carbons (Fsp3) is 0.360. The zero-order valence-electron chi connectivity index (χ0n) is 18.2. The number of nitrogens with zero attached hydrogens (tertiary/aromatic N) is 4. The van der Waals surface area contributed by atoms with Crippen LogP contribution in [0.15, 0.2) is 58.7 Å². The van der Waals surface area contributed by atoms with Crippen molar-refractivity contribution in [3.05, 3.63) is 82.1 Å². The molecule has 0 atom stereocenters. The Labute approximate surface area is 186 Å². The predicted octanol–water partition coefficient (Wildman–Crippen LogP) is 3.84. The second-order valence-electron chi connectivity index (χ2n) is 8.73. The Balaban J connectivity index is 1.41. The van der Waals surface area contributed by atoms with Crippen molar-refractivity contribution in [1.29, 1.82) is 0 Å². The minimum Gasteiger partial charge on any atom is -0.315 e. The molecule has 3 aliphatic heterocycles. The summed E-state index contributed by atoms with van der Waals surface area (Å²) in [5, 5.41) is 0. The fourth-order valence-corrected chi connectivity index (χ4v) is 4.75. The van der Waals surface area contributed by atoms with Gasteiger partial charge >= 0.3 is 0 Å². The summed E-state index contributed by atoms with van der Waals surface area (Å²) < 4.78 is 27.3. The summed E-state index contributed by atoms with van der Waals surface area (Å²) in [7, 11) is 0. The van der Waals surface area contributed by atoms with Gasteiger partial charge in [0.05, 0.1) is 12.1 Å². The maximum Gasteiger partial charge on any atom is 0.259 e. The fourth-order valence-electron chi connectivity index (χ4n) is 4.75. The zero-order valence-corrected chi connectivity index (χ0v) is 18.2. The minimum absolute atomic E-state index is 0.0207. The molecule has 0 fully saturated rings. The van der Waals surface area contributed by atoms with Crippen molar-refractivity contribution in [2.45, 2.75) is 32.9 Å². The number of hydrogen-bond donors (Lipinski definition) is 0. The van der Waals surface area contributed by atoms with Crippen molar-refractivity contribution in [2.75, 3.05) is 26.2 Å². The van der Waals surface area contributed by atoms with Gasteiger partial charge in [0.25, 0.3) is 5.91 Å². The van der Waals surface area contributed by atoms with Crippen molar-refractivity contribution < 1.29 is 13.6 Å². The number of halogens is 2. The molecule has 0 unspecified atom stereocenters. The summed E-state index contributed by atoms with van der Waals surface area (Å²) in [5.41, 5.74) is 4.63. The Bertz CT molecular complexity index is 1090. The third-order valence-electron chi connectivity index (χ3n) is 6.29. The molecule has 5 rings (SSSR count). The topological polar surface area (TPSA) is 39.2 Å². The first-order chi connectivity index (χ1) is 15.5. The molecule has 2 aromatic rings. The van der Waals surface area contributed by atoms with Crippen LogP contribution in [-0.2, 0) is 17.9 Å². The molecule has 0 saturated carbocycles. The number of rotatable bonds is 4. The maximum atomic E-state index is 13.6. The highest BCUT2D eigenvalue weighted by atomic mass is 19.1. The first-order valence-corrected chi connectivity index (χ1v) is 11.1. The first-order valence-electron chi connectivity index (χ1n) is 11.1. The number of carbonyl (C=O) groups is 1. The summed E-state index contributed by atoms with van der Waals surface area (Å²) in [4.78, 5) is 24.4. The second-order valence-corrected chi connectivity index (χ2v) is 8.73. The predicted molar refractivity (Wildman–Crippen MR) is 119 cm³/mol. The van der Waals surface area contributed by atoms with Crippen LogP contribution < -0.4 is 0 Å². The summed E-state index contributed by atoms with van der Waals surface area (Å²) in [5.74, 6) is -0.429. The normalized spacial score (nSPS) is 19.1. The van der Waals surface area contributed by atoms with Crippen LogP contribution in [0.5, 0.6) is 0 Å². The van der Waals surface area contributed by atoms with Gasteiger partial charge in [0.15, 0.2) is 0 Å². The van der Waals surface area contributed by atoms with Crippen molar-refractivity contribution in [3.8, 4) is 0 Å². The summed E-state index contributed by atoms with van der Waals surface area (Å²) in [6, 6.07) is 11.8. The lowest BCUT2D eigenvalue weighted by Gasteiger charge is -2.45. The number of aliphatic imine (C=N–C) groups is 1. The summed E-state index contributed by atoms with van der Waals surface area (Å²) in [6.45, 7) is 5.68. The van der Waals surface area contributed by atoms with E-state index in [1.165, 1.54) is 17.7 Å². The van der Waals surface area contributed by atoms with E-state index in [0.717, 1.165) is 61.3 Å². The van der Waals surface area contributed by atoms with E-state index in [1.54, 1.807) is 4.90 Å². The SMILES string of the molecule is Cc1ccc(CN2C(=O)C3=C(CCN(Cc4cc(F)cc(F)c4)C3)N3CCCN=C23)cc1. The molecular weight excluding hydrogens is 410 g/mol. The first kappa shape index (κ1) is 20.8. The third-order valence-corrected chi connectivity index (χ3v) is 6.29. The summed E-state index contributed by atoms with van der Waals surface area (Å²) in [6.07, 6.45) is 1.68. The molecule has 0 bridgehead atoms. The Morgan fingerprint density at radius 2 is 1.72 bits per heavy atom. The molecule has 1 amide bonds. The van der Waals surface area contributed by atoms with Crippen LogP contribution in [0, 0.1) is 18.6 Å². The van der Waals surface area contributed by atoms with Crippen molar-refractivity contribution in [3.63, 3.8) is 0 Å². The van der Waals surface area contributed by atoms with E-state index in [2.05, 4.69) is 21.9 Å². The van der Waals surface area contributed by atoms with Gasteiger partial charge in [-0.3, -0.25) is 19.6 Å². The number of carbonyl (C=O) groups excluding carboxylic acids is 1. The second kappa shape index (κ2) is 8.47. The number of amides is 1. The third kappa shape index (κ3) is 4.05. The smallest absolute Gasteiger partial charge is 0.259 e. The standard InChI is InChI=1S/C25H26F2N4O/c1-17-3-5-18(6-4-17)15-31-24(32)22-16-29(14-19-11-20(26)13-21(27)12-19)10-7-23(22)30-9-2-8-28-25(30)31/h3-6,11-13H,2,7-10,14-16H2,1H3. The van der Waals surface area contributed by atoms with Crippen LogP contribution in [0.3, 0.4) is 0 Å². The van der Waals surface area contributed by atoms with E-state index in [0.29, 0.717) is 25.2 Å². The van der Waals surface area contributed by atoms with Crippen molar-refractivity contribution in [1.82, 2.24) is 14.7 Å². The van der Waals surface area contributed by atoms with Gasteiger partial charge in [-0.15, -0.1) is 0 Å². The number of guanidine groups is 1. The number of aryl methyl sites for hydroxylation is 1. The van der Waals surface area contributed by atoms with Crippen LogP contribution >= 0.6 is 0 Å². The Kier molecular flexibility index (Phi) is 5.51. The molecule has 7 heteroatoms. The monoisotopic (exact) mass is 436 g/mol. The zero-order chi connectivity index (χ0) is 22.2. The average molecular weight is 437 g/mol. The van der Waals surface area contributed by atoms with Crippen LogP contribution in [0.25, 0.3) is 0 Å². The molecule has 32 heavy (non-hydrogen) atoms. The molecule has 5 nitrogen and oxygen atoms in total. The molecule has 3 aliphatic rings. The van der Waals surface area contributed by atoms with Gasteiger partial charge in [0.1, 0.15) is 11.6 Å². The van der Waals surface area contributed by atoms with Crippen LogP contribution in [0.4, 0.5) is 8.78 Å². The van der Waals surface area contributed by atoms with Gasteiger partial charge < -0.3 is 4.90 Å². The van der Waals surface area contributed by atoms with E-state index < -0.39 is 11.6 Å². The van der Waals surface area contributed by atoms with E-state index in [1.807, 2.05) is 19.1 Å². The highest BCUT2D eigenvalue weighted by Crippen LogP contribution is 2.32. The molecule has 0 aliphatic carbocycles. The molecular formula is C25H26F2N4O. The van der Waals surface area contributed by atoms with Gasteiger partial charge in [-0.05, 0) is 36.6 Å². The Hall–Kier alpha value is -3.06. The van der Waals surface area contributed by atoms with Crippen LogP contribution in [0.1, 0.15) is 29.5 Å². The number of benzene rings is 2. The van der Waals surface area contributed by atoms with Crippen molar-refractivity contribution >= 4 is 11.9 Å². The number of hydrogen-bond acceptors (Lipinski definition) is 4. The largest absolute Gasteiger partial charge is 0.315 e. The van der Waals surface area contributed by atoms with Gasteiger partial charge in [-0.2, -0.15) is 0 Å². The molecule has 0 radical (unpaired) electrons. The van der Waals surface area contributed by atoms with E-state index >= 15 is 0 Å². The molecule has 2 aromatic carbocycles. The molecule has 166 valence electrons. The highest BCUT2D eigenvalue weighted by Gasteiger charge is 2.40. The van der Waals surface area contributed by atoms with Crippen LogP contribution in [-0.4, -0.2) is 52.7 Å². The molecule has 0 N–H and O–H groups in total. The van der Waals surface area contributed by atoms with Crippen LogP contribution in [0.2, 0.25) is 0 Å². The van der Waals surface area contributed by atoms with E-state index in [4.69, 9.17) is 4.99 Å². The van der Waals surface area contributed by atoms with Gasteiger partial charge in [0, 0.05) is 50.9 Å². The lowest BCUT2D eigenvalue weighted by molar-refractivity contribution is -0.125. The van der Waals surface area contributed by atoms with Crippen molar-refractivity contribution in [2.24, 2.45) is 4.99 Å². The molecule has 3 heterocycles. The average Bonchev–Trinajstić information content (AvgIpc) is 2.77. The molecule has 0 aromatic heterocycles. The highest BCUT2D eigenvalue weighted by molar-refractivity contribution is 6.09. The molecule has 0 saturated heterocycles. The minimum atomic E-state index is -0.580. The maximum absolute atomic E-state index is 13.6. The lowest BCUT2D eigenvalue weighted by Crippen LogP contribution is -2.56. The summed E-state index contributed by atoms with van der Waals surface area (Å²) >= 11 is 0. The van der Waals surface area contributed by atoms with E-state index in [-0.39, 0.29) is 5.91 Å². The lowest BCUT2D eigenvalue weighted by atomic mass is 9.99.